The van der Waals surface area contributed by atoms with Crippen LogP contribution in [0.4, 0.5) is 11.5 Å². The highest BCUT2D eigenvalue weighted by atomic mass is 35.5. The fourth-order valence-corrected chi connectivity index (χ4v) is 3.85. The van der Waals surface area contributed by atoms with E-state index in [4.69, 9.17) is 34.7 Å². The molecule has 2 heterocycles. The van der Waals surface area contributed by atoms with Gasteiger partial charge >= 0.3 is 0 Å². The number of aromatic nitrogens is 2. The molecule has 0 radical (unpaired) electrons. The Morgan fingerprint density at radius 3 is 2.53 bits per heavy atom. The first-order chi connectivity index (χ1) is 9.01. The number of nitrogens with two attached hydrogens (primary N) is 2. The summed E-state index contributed by atoms with van der Waals surface area (Å²) in [6, 6.07) is 5.23. The van der Waals surface area contributed by atoms with E-state index in [0.29, 0.717) is 32.1 Å². The molecule has 0 saturated heterocycles. The summed E-state index contributed by atoms with van der Waals surface area (Å²) in [5, 5.41) is 4.73. The number of benzene rings is 1. The Morgan fingerprint density at radius 1 is 1.21 bits per heavy atom. The molecule has 1 aromatic carbocycles. The fraction of sp³-hybridized carbons (Fsp3) is 0.0909. The van der Waals surface area contributed by atoms with Gasteiger partial charge in [0.2, 0.25) is 0 Å². The first-order valence-corrected chi connectivity index (χ1v) is 6.89. The molecule has 1 unspecified atom stereocenters. The molecule has 0 fully saturated rings. The average molecular weight is 314 g/mol. The van der Waals surface area contributed by atoms with Crippen LogP contribution >= 0.6 is 35.0 Å². The average Bonchev–Trinajstić information content (AvgIpc) is 2.68. The van der Waals surface area contributed by atoms with Gasteiger partial charge in [0.05, 0.1) is 0 Å². The molecule has 0 aliphatic carbocycles. The van der Waals surface area contributed by atoms with Crippen molar-refractivity contribution in [3.8, 4) is 0 Å². The Kier molecular flexibility index (Phi) is 2.98. The minimum Gasteiger partial charge on any atom is -0.382 e. The summed E-state index contributed by atoms with van der Waals surface area (Å²) in [5.41, 5.74) is 13.4. The predicted octanol–water partition coefficient (Wildman–Crippen LogP) is 2.65. The second-order valence-electron chi connectivity index (χ2n) is 4.00. The van der Waals surface area contributed by atoms with Gasteiger partial charge in [-0.05, 0) is 12.1 Å². The summed E-state index contributed by atoms with van der Waals surface area (Å²) >= 11 is 13.7. The molecule has 19 heavy (non-hydrogen) atoms. The molecule has 0 spiro atoms. The molecule has 0 amide bonds. The number of halogens is 2. The standard InChI is InChI=1S/C11H9Cl2N5S/c12-5-2-1-3-6(13)7(5)11(15)18-8-9(14)16-4-17-10(8)19-11/h1-4,18H,15H2,(H2,14,16,17). The number of anilines is 2. The van der Waals surface area contributed by atoms with Crippen molar-refractivity contribution in [3.63, 3.8) is 0 Å². The zero-order chi connectivity index (χ0) is 13.6. The van der Waals surface area contributed by atoms with Gasteiger partial charge in [-0.15, -0.1) is 0 Å². The lowest BCUT2D eigenvalue weighted by molar-refractivity contribution is 0.770. The molecule has 0 saturated carbocycles. The molecule has 8 heteroatoms. The topological polar surface area (TPSA) is 89.8 Å². The van der Waals surface area contributed by atoms with E-state index in [1.165, 1.54) is 18.1 Å². The van der Waals surface area contributed by atoms with Crippen LogP contribution in [-0.2, 0) is 4.99 Å². The number of thioether (sulfide) groups is 1. The van der Waals surface area contributed by atoms with Crippen LogP contribution in [0.3, 0.4) is 0 Å². The molecule has 5 nitrogen and oxygen atoms in total. The van der Waals surface area contributed by atoms with Gasteiger partial charge in [-0.1, -0.05) is 41.0 Å². The molecule has 1 aliphatic heterocycles. The predicted molar refractivity (Wildman–Crippen MR) is 78.3 cm³/mol. The third kappa shape index (κ3) is 2.01. The third-order valence-electron chi connectivity index (χ3n) is 2.74. The van der Waals surface area contributed by atoms with E-state index >= 15 is 0 Å². The van der Waals surface area contributed by atoms with Crippen molar-refractivity contribution in [1.29, 1.82) is 0 Å². The van der Waals surface area contributed by atoms with Crippen molar-refractivity contribution in [1.82, 2.24) is 9.97 Å². The van der Waals surface area contributed by atoms with E-state index < -0.39 is 4.99 Å². The van der Waals surface area contributed by atoms with Crippen LogP contribution < -0.4 is 16.8 Å². The number of hydrogen-bond donors (Lipinski definition) is 3. The zero-order valence-corrected chi connectivity index (χ0v) is 11.9. The SMILES string of the molecule is Nc1ncnc2c1NC(N)(c1c(Cl)cccc1Cl)S2. The van der Waals surface area contributed by atoms with Crippen molar-refractivity contribution in [2.24, 2.45) is 5.73 Å². The molecular weight excluding hydrogens is 305 g/mol. The molecule has 98 valence electrons. The van der Waals surface area contributed by atoms with Gasteiger partial charge in [-0.2, -0.15) is 0 Å². The lowest BCUT2D eigenvalue weighted by atomic mass is 10.1. The number of rotatable bonds is 1. The van der Waals surface area contributed by atoms with Gasteiger partial charge < -0.3 is 11.1 Å². The molecular formula is C11H9Cl2N5S. The maximum absolute atomic E-state index is 6.36. The van der Waals surface area contributed by atoms with Crippen molar-refractivity contribution in [3.05, 3.63) is 40.1 Å². The normalized spacial score (nSPS) is 21.0. The highest BCUT2D eigenvalue weighted by Crippen LogP contribution is 2.51. The summed E-state index contributed by atoms with van der Waals surface area (Å²) in [7, 11) is 0. The number of fused-ring (bicyclic) bond motifs is 1. The highest BCUT2D eigenvalue weighted by Gasteiger charge is 2.41. The van der Waals surface area contributed by atoms with Gasteiger partial charge in [0, 0.05) is 15.6 Å². The highest BCUT2D eigenvalue weighted by molar-refractivity contribution is 8.00. The van der Waals surface area contributed by atoms with E-state index in [-0.39, 0.29) is 0 Å². The Balaban J connectivity index is 2.11. The first kappa shape index (κ1) is 12.8. The van der Waals surface area contributed by atoms with Crippen molar-refractivity contribution in [2.75, 3.05) is 11.1 Å². The fourth-order valence-electron chi connectivity index (χ4n) is 1.91. The molecule has 1 aromatic heterocycles. The van der Waals surface area contributed by atoms with Crippen LogP contribution in [-0.4, -0.2) is 9.97 Å². The van der Waals surface area contributed by atoms with Gasteiger partial charge in [0.1, 0.15) is 17.0 Å². The molecule has 0 bridgehead atoms. The van der Waals surface area contributed by atoms with Crippen molar-refractivity contribution >= 4 is 46.5 Å². The molecule has 1 aliphatic rings. The molecule has 5 N–H and O–H groups in total. The Bertz CT molecular complexity index is 645. The Hall–Kier alpha value is -1.21. The minimum absolute atomic E-state index is 0.341. The van der Waals surface area contributed by atoms with Crippen LogP contribution in [0.15, 0.2) is 29.6 Å². The van der Waals surface area contributed by atoms with Gasteiger partial charge in [-0.3, -0.25) is 5.73 Å². The molecule has 1 atom stereocenters. The van der Waals surface area contributed by atoms with Crippen molar-refractivity contribution in [2.45, 2.75) is 10.0 Å². The summed E-state index contributed by atoms with van der Waals surface area (Å²) in [4.78, 5) is 7.06. The first-order valence-electron chi connectivity index (χ1n) is 5.32. The smallest absolute Gasteiger partial charge is 0.170 e. The second kappa shape index (κ2) is 4.42. The quantitative estimate of drug-likeness (QED) is 0.701. The monoisotopic (exact) mass is 313 g/mol. The number of nitrogens with one attached hydrogen (secondary N) is 1. The largest absolute Gasteiger partial charge is 0.382 e. The third-order valence-corrected chi connectivity index (χ3v) is 4.51. The van der Waals surface area contributed by atoms with E-state index in [2.05, 4.69) is 15.3 Å². The Morgan fingerprint density at radius 2 is 1.89 bits per heavy atom. The minimum atomic E-state index is -1.01. The lowest BCUT2D eigenvalue weighted by Gasteiger charge is -2.26. The summed E-state index contributed by atoms with van der Waals surface area (Å²) < 4.78 is 0. The van der Waals surface area contributed by atoms with Crippen LogP contribution in [0.1, 0.15) is 5.56 Å². The maximum atomic E-state index is 6.36. The van der Waals surface area contributed by atoms with E-state index in [9.17, 15) is 0 Å². The zero-order valence-electron chi connectivity index (χ0n) is 9.52. The van der Waals surface area contributed by atoms with E-state index in [1.807, 2.05) is 0 Å². The van der Waals surface area contributed by atoms with Crippen LogP contribution in [0.2, 0.25) is 10.0 Å². The number of hydrogen-bond acceptors (Lipinski definition) is 6. The van der Waals surface area contributed by atoms with Gasteiger partial charge in [-0.25, -0.2) is 9.97 Å². The number of nitrogens with zero attached hydrogens (tertiary/aromatic N) is 2. The van der Waals surface area contributed by atoms with E-state index in [0.717, 1.165) is 0 Å². The lowest BCUT2D eigenvalue weighted by Crippen LogP contribution is -2.39. The van der Waals surface area contributed by atoms with Crippen LogP contribution in [0, 0.1) is 0 Å². The van der Waals surface area contributed by atoms with Gasteiger partial charge in [0.15, 0.2) is 10.8 Å². The maximum Gasteiger partial charge on any atom is 0.170 e. The van der Waals surface area contributed by atoms with Crippen LogP contribution in [0.5, 0.6) is 0 Å². The summed E-state index contributed by atoms with van der Waals surface area (Å²) in [6.45, 7) is 0. The summed E-state index contributed by atoms with van der Waals surface area (Å²) in [5.74, 6) is 0.341. The second-order valence-corrected chi connectivity index (χ2v) is 6.05. The van der Waals surface area contributed by atoms with Crippen molar-refractivity contribution < 1.29 is 0 Å². The van der Waals surface area contributed by atoms with Gasteiger partial charge in [0.25, 0.3) is 0 Å². The molecule has 3 rings (SSSR count). The Labute approximate surface area is 123 Å². The molecule has 2 aromatic rings. The van der Waals surface area contributed by atoms with Crippen LogP contribution in [0.25, 0.3) is 0 Å². The summed E-state index contributed by atoms with van der Waals surface area (Å²) in [6.07, 6.45) is 1.39. The van der Waals surface area contributed by atoms with E-state index in [1.54, 1.807) is 18.2 Å². The number of nitrogen functional groups attached to an aromatic ring is 1.